The molecule has 78 valence electrons. The SMILES string of the molecule is CSC(C)(c1ccccc1)C(F)(F)F. The first-order valence-corrected chi connectivity index (χ1v) is 5.31. The van der Waals surface area contributed by atoms with E-state index in [0.717, 1.165) is 11.8 Å². The van der Waals surface area contributed by atoms with Gasteiger partial charge in [-0.15, -0.1) is 11.8 Å². The van der Waals surface area contributed by atoms with Gasteiger partial charge in [-0.1, -0.05) is 30.3 Å². The van der Waals surface area contributed by atoms with Crippen LogP contribution in [0.1, 0.15) is 12.5 Å². The highest BCUT2D eigenvalue weighted by Gasteiger charge is 2.51. The van der Waals surface area contributed by atoms with Crippen LogP contribution in [0, 0.1) is 0 Å². The van der Waals surface area contributed by atoms with Gasteiger partial charge in [-0.2, -0.15) is 13.2 Å². The third kappa shape index (κ3) is 1.90. The van der Waals surface area contributed by atoms with Crippen molar-refractivity contribution in [3.05, 3.63) is 35.9 Å². The third-order valence-corrected chi connectivity index (χ3v) is 3.56. The lowest BCUT2D eigenvalue weighted by molar-refractivity contribution is -0.157. The molecule has 1 unspecified atom stereocenters. The number of alkyl halides is 3. The van der Waals surface area contributed by atoms with Gasteiger partial charge in [0, 0.05) is 0 Å². The Morgan fingerprint density at radius 1 is 1.07 bits per heavy atom. The molecule has 0 aromatic heterocycles. The topological polar surface area (TPSA) is 0 Å². The van der Waals surface area contributed by atoms with Crippen molar-refractivity contribution in [2.75, 3.05) is 6.26 Å². The lowest BCUT2D eigenvalue weighted by atomic mass is 10.00. The lowest BCUT2D eigenvalue weighted by Crippen LogP contribution is -2.35. The van der Waals surface area contributed by atoms with Gasteiger partial charge in [0.05, 0.1) is 0 Å². The van der Waals surface area contributed by atoms with Gasteiger partial charge < -0.3 is 0 Å². The van der Waals surface area contributed by atoms with Crippen LogP contribution in [0.2, 0.25) is 0 Å². The van der Waals surface area contributed by atoms with Crippen LogP contribution >= 0.6 is 11.8 Å². The van der Waals surface area contributed by atoms with Crippen molar-refractivity contribution in [3.8, 4) is 0 Å². The van der Waals surface area contributed by atoms with Crippen LogP contribution in [0.15, 0.2) is 30.3 Å². The molecule has 0 radical (unpaired) electrons. The zero-order chi connectivity index (χ0) is 10.8. The molecule has 0 spiro atoms. The minimum atomic E-state index is -4.23. The molecule has 0 N–H and O–H groups in total. The predicted octanol–water partition coefficient (Wildman–Crippen LogP) is 3.83. The van der Waals surface area contributed by atoms with Gasteiger partial charge >= 0.3 is 6.18 Å². The van der Waals surface area contributed by atoms with Crippen molar-refractivity contribution in [1.82, 2.24) is 0 Å². The van der Waals surface area contributed by atoms with Crippen molar-refractivity contribution < 1.29 is 13.2 Å². The molecule has 0 aliphatic carbocycles. The Kier molecular flexibility index (Phi) is 3.14. The number of halogens is 3. The van der Waals surface area contributed by atoms with E-state index in [0.29, 0.717) is 5.56 Å². The highest BCUT2D eigenvalue weighted by atomic mass is 32.2. The molecule has 0 heterocycles. The summed E-state index contributed by atoms with van der Waals surface area (Å²) in [5, 5.41) is 0. The van der Waals surface area contributed by atoms with Gasteiger partial charge in [-0.05, 0) is 18.7 Å². The fraction of sp³-hybridized carbons (Fsp3) is 0.400. The molecule has 0 saturated carbocycles. The molecule has 14 heavy (non-hydrogen) atoms. The summed E-state index contributed by atoms with van der Waals surface area (Å²) in [6.07, 6.45) is -2.76. The summed E-state index contributed by atoms with van der Waals surface area (Å²) in [5.41, 5.74) is 0.292. The molecule has 0 bridgehead atoms. The first-order chi connectivity index (χ1) is 6.42. The maximum Gasteiger partial charge on any atom is 0.406 e. The van der Waals surface area contributed by atoms with E-state index in [1.54, 1.807) is 18.2 Å². The quantitative estimate of drug-likeness (QED) is 0.730. The van der Waals surface area contributed by atoms with Crippen LogP contribution in [-0.2, 0) is 4.75 Å². The van der Waals surface area contributed by atoms with Gasteiger partial charge in [0.25, 0.3) is 0 Å². The molecule has 0 fully saturated rings. The summed E-state index contributed by atoms with van der Waals surface area (Å²) in [5.74, 6) is 0. The second kappa shape index (κ2) is 3.85. The number of thioether (sulfide) groups is 1. The standard InChI is InChI=1S/C10H11F3S/c1-9(14-2,10(11,12)13)8-6-4-3-5-7-8/h3-7H,1-2H3. The largest absolute Gasteiger partial charge is 0.406 e. The fourth-order valence-corrected chi connectivity index (χ4v) is 1.76. The van der Waals surface area contributed by atoms with Crippen LogP contribution < -0.4 is 0 Å². The molecule has 1 atom stereocenters. The van der Waals surface area contributed by atoms with Gasteiger partial charge in [0.2, 0.25) is 0 Å². The Bertz CT molecular complexity index is 294. The number of rotatable bonds is 2. The second-order valence-corrected chi connectivity index (χ2v) is 4.33. The van der Waals surface area contributed by atoms with E-state index in [4.69, 9.17) is 0 Å². The third-order valence-electron chi connectivity index (χ3n) is 2.27. The average molecular weight is 220 g/mol. The number of hydrogen-bond acceptors (Lipinski definition) is 1. The fourth-order valence-electron chi connectivity index (χ4n) is 1.15. The smallest absolute Gasteiger partial charge is 0.169 e. The van der Waals surface area contributed by atoms with Crippen LogP contribution in [0.5, 0.6) is 0 Å². The molecule has 1 aromatic carbocycles. The molecule has 4 heteroatoms. The van der Waals surface area contributed by atoms with Gasteiger partial charge in [0.1, 0.15) is 4.75 Å². The van der Waals surface area contributed by atoms with Crippen molar-refractivity contribution in [2.45, 2.75) is 17.8 Å². The van der Waals surface area contributed by atoms with E-state index in [9.17, 15) is 13.2 Å². The number of hydrogen-bond donors (Lipinski definition) is 0. The molecule has 1 aromatic rings. The van der Waals surface area contributed by atoms with Crippen molar-refractivity contribution in [1.29, 1.82) is 0 Å². The Morgan fingerprint density at radius 3 is 1.93 bits per heavy atom. The van der Waals surface area contributed by atoms with Crippen molar-refractivity contribution in [2.24, 2.45) is 0 Å². The average Bonchev–Trinajstić information content (AvgIpc) is 2.16. The molecule has 0 amide bonds. The highest BCUT2D eigenvalue weighted by Crippen LogP contribution is 2.47. The normalized spacial score (nSPS) is 16.4. The van der Waals surface area contributed by atoms with Crippen LogP contribution in [-0.4, -0.2) is 12.4 Å². The minimum Gasteiger partial charge on any atom is -0.169 e. The molecular formula is C10H11F3S. The van der Waals surface area contributed by atoms with Crippen molar-refractivity contribution in [3.63, 3.8) is 0 Å². The maximum absolute atomic E-state index is 12.8. The molecule has 0 nitrogen and oxygen atoms in total. The predicted molar refractivity (Wildman–Crippen MR) is 53.4 cm³/mol. The van der Waals surface area contributed by atoms with E-state index < -0.39 is 10.9 Å². The van der Waals surface area contributed by atoms with Crippen LogP contribution in [0.25, 0.3) is 0 Å². The molecule has 0 aliphatic rings. The Labute approximate surface area is 85.5 Å². The molecular weight excluding hydrogens is 209 g/mol. The maximum atomic E-state index is 12.8. The molecule has 0 aliphatic heterocycles. The Balaban J connectivity index is 3.15. The highest BCUT2D eigenvalue weighted by molar-refractivity contribution is 7.99. The first-order valence-electron chi connectivity index (χ1n) is 4.09. The summed E-state index contributed by atoms with van der Waals surface area (Å²) in [6.45, 7) is 1.20. The monoisotopic (exact) mass is 220 g/mol. The minimum absolute atomic E-state index is 0.292. The Morgan fingerprint density at radius 2 is 1.57 bits per heavy atom. The second-order valence-electron chi connectivity index (χ2n) is 3.10. The molecule has 0 saturated heterocycles. The van der Waals surface area contributed by atoms with E-state index in [-0.39, 0.29) is 0 Å². The van der Waals surface area contributed by atoms with E-state index >= 15 is 0 Å². The van der Waals surface area contributed by atoms with Crippen LogP contribution in [0.3, 0.4) is 0 Å². The lowest BCUT2D eigenvalue weighted by Gasteiger charge is -2.30. The summed E-state index contributed by atoms with van der Waals surface area (Å²) in [4.78, 5) is 0. The van der Waals surface area contributed by atoms with E-state index in [2.05, 4.69) is 0 Å². The summed E-state index contributed by atoms with van der Waals surface area (Å²) < 4.78 is 36.5. The Hall–Kier alpha value is -0.640. The summed E-state index contributed by atoms with van der Waals surface area (Å²) in [6, 6.07) is 7.96. The van der Waals surface area contributed by atoms with Gasteiger partial charge in [-0.3, -0.25) is 0 Å². The van der Waals surface area contributed by atoms with Crippen molar-refractivity contribution >= 4 is 11.8 Å². The zero-order valence-electron chi connectivity index (χ0n) is 7.93. The van der Waals surface area contributed by atoms with E-state index in [1.807, 2.05) is 0 Å². The summed E-state index contributed by atoms with van der Waals surface area (Å²) in [7, 11) is 0. The van der Waals surface area contributed by atoms with Gasteiger partial charge in [-0.25, -0.2) is 0 Å². The van der Waals surface area contributed by atoms with E-state index in [1.165, 1.54) is 25.3 Å². The number of benzene rings is 1. The van der Waals surface area contributed by atoms with Gasteiger partial charge in [0.15, 0.2) is 0 Å². The van der Waals surface area contributed by atoms with Crippen LogP contribution in [0.4, 0.5) is 13.2 Å². The molecule has 1 rings (SSSR count). The zero-order valence-corrected chi connectivity index (χ0v) is 8.75. The first kappa shape index (κ1) is 11.4. The summed E-state index contributed by atoms with van der Waals surface area (Å²) >= 11 is 0.807.